The SMILES string of the molecule is COc1cc(OCc2c(F)cccc2Cl)cc(OC)c1CCNCc1sccc1C. The molecule has 3 rings (SSSR count). The molecule has 3 aromatic rings. The summed E-state index contributed by atoms with van der Waals surface area (Å²) < 4.78 is 30.9. The van der Waals surface area contributed by atoms with Gasteiger partial charge in [-0.1, -0.05) is 17.7 Å². The first kappa shape index (κ1) is 22.4. The maximum absolute atomic E-state index is 14.0. The maximum Gasteiger partial charge on any atom is 0.131 e. The number of nitrogens with one attached hydrogen (secondary N) is 1. The van der Waals surface area contributed by atoms with Crippen LogP contribution >= 0.6 is 22.9 Å². The van der Waals surface area contributed by atoms with Gasteiger partial charge < -0.3 is 19.5 Å². The third-order valence-corrected chi connectivity index (χ3v) is 6.21. The van der Waals surface area contributed by atoms with Gasteiger partial charge in [0.25, 0.3) is 0 Å². The zero-order valence-electron chi connectivity index (χ0n) is 17.3. The fourth-order valence-corrected chi connectivity index (χ4v) is 4.21. The van der Waals surface area contributed by atoms with Gasteiger partial charge >= 0.3 is 0 Å². The van der Waals surface area contributed by atoms with Crippen molar-refractivity contribution in [3.05, 3.63) is 74.2 Å². The molecule has 160 valence electrons. The van der Waals surface area contributed by atoms with Crippen LogP contribution in [-0.4, -0.2) is 20.8 Å². The Morgan fingerprint density at radius 1 is 1.07 bits per heavy atom. The van der Waals surface area contributed by atoms with Gasteiger partial charge in [-0.25, -0.2) is 4.39 Å². The van der Waals surface area contributed by atoms with E-state index >= 15 is 0 Å². The van der Waals surface area contributed by atoms with Crippen LogP contribution in [0.1, 0.15) is 21.6 Å². The minimum absolute atomic E-state index is 0.0128. The number of hydrogen-bond acceptors (Lipinski definition) is 5. The van der Waals surface area contributed by atoms with Crippen LogP contribution in [0.25, 0.3) is 0 Å². The number of aryl methyl sites for hydroxylation is 1. The van der Waals surface area contributed by atoms with Crippen LogP contribution in [0.3, 0.4) is 0 Å². The highest BCUT2D eigenvalue weighted by Crippen LogP contribution is 2.35. The van der Waals surface area contributed by atoms with Gasteiger partial charge in [-0.15, -0.1) is 11.3 Å². The second-order valence-electron chi connectivity index (χ2n) is 6.75. The van der Waals surface area contributed by atoms with Gasteiger partial charge in [0, 0.05) is 34.7 Å². The van der Waals surface area contributed by atoms with Crippen molar-refractivity contribution in [3.63, 3.8) is 0 Å². The van der Waals surface area contributed by atoms with Crippen molar-refractivity contribution < 1.29 is 18.6 Å². The average Bonchev–Trinajstić information content (AvgIpc) is 3.15. The van der Waals surface area contributed by atoms with Crippen molar-refractivity contribution in [1.29, 1.82) is 0 Å². The van der Waals surface area contributed by atoms with Crippen molar-refractivity contribution >= 4 is 22.9 Å². The lowest BCUT2D eigenvalue weighted by Gasteiger charge is -2.16. The van der Waals surface area contributed by atoms with Crippen LogP contribution in [0.2, 0.25) is 5.02 Å². The zero-order chi connectivity index (χ0) is 21.5. The van der Waals surface area contributed by atoms with E-state index in [1.165, 1.54) is 16.5 Å². The molecule has 0 bridgehead atoms. The molecule has 7 heteroatoms. The molecule has 1 N–H and O–H groups in total. The summed E-state index contributed by atoms with van der Waals surface area (Å²) >= 11 is 7.83. The predicted octanol–water partition coefficient (Wildman–Crippen LogP) is 5.78. The summed E-state index contributed by atoms with van der Waals surface area (Å²) in [4.78, 5) is 1.34. The highest BCUT2D eigenvalue weighted by Gasteiger charge is 2.15. The van der Waals surface area contributed by atoms with Crippen LogP contribution < -0.4 is 19.5 Å². The number of benzene rings is 2. The molecule has 0 aliphatic rings. The molecule has 0 aliphatic heterocycles. The quantitative estimate of drug-likeness (QED) is 0.398. The fraction of sp³-hybridized carbons (Fsp3) is 0.304. The van der Waals surface area contributed by atoms with E-state index in [1.54, 1.807) is 49.8 Å². The summed E-state index contributed by atoms with van der Waals surface area (Å²) in [5.74, 6) is 1.45. The van der Waals surface area contributed by atoms with Crippen molar-refractivity contribution in [1.82, 2.24) is 5.32 Å². The van der Waals surface area contributed by atoms with Gasteiger partial charge in [-0.2, -0.15) is 0 Å². The molecule has 0 atom stereocenters. The molecule has 0 saturated carbocycles. The third-order valence-electron chi connectivity index (χ3n) is 4.83. The van der Waals surface area contributed by atoms with Gasteiger partial charge in [0.2, 0.25) is 0 Å². The van der Waals surface area contributed by atoms with Crippen molar-refractivity contribution in [3.8, 4) is 17.2 Å². The second-order valence-corrected chi connectivity index (χ2v) is 8.16. The normalized spacial score (nSPS) is 10.8. The lowest BCUT2D eigenvalue weighted by Crippen LogP contribution is -2.17. The molecule has 0 aliphatic carbocycles. The Morgan fingerprint density at radius 3 is 2.40 bits per heavy atom. The third kappa shape index (κ3) is 5.45. The second kappa shape index (κ2) is 10.7. The summed E-state index contributed by atoms with van der Waals surface area (Å²) in [5.41, 5.74) is 2.57. The summed E-state index contributed by atoms with van der Waals surface area (Å²) in [6.45, 7) is 3.74. The molecular formula is C23H25ClFNO3S. The zero-order valence-corrected chi connectivity index (χ0v) is 18.8. The van der Waals surface area contributed by atoms with Crippen LogP contribution in [0, 0.1) is 12.7 Å². The Morgan fingerprint density at radius 2 is 1.80 bits per heavy atom. The number of halogens is 2. The number of ether oxygens (including phenoxy) is 3. The van der Waals surface area contributed by atoms with E-state index in [0.29, 0.717) is 27.8 Å². The fourth-order valence-electron chi connectivity index (χ4n) is 3.12. The van der Waals surface area contributed by atoms with E-state index in [2.05, 4.69) is 23.7 Å². The summed E-state index contributed by atoms with van der Waals surface area (Å²) in [6, 6.07) is 10.3. The van der Waals surface area contributed by atoms with Gasteiger partial charge in [0.05, 0.1) is 19.2 Å². The molecule has 1 aromatic heterocycles. The summed E-state index contributed by atoms with van der Waals surface area (Å²) in [7, 11) is 3.22. The highest BCUT2D eigenvalue weighted by atomic mass is 35.5. The number of thiophene rings is 1. The minimum atomic E-state index is -0.398. The molecule has 4 nitrogen and oxygen atoms in total. The molecule has 0 fully saturated rings. The lowest BCUT2D eigenvalue weighted by atomic mass is 10.1. The smallest absolute Gasteiger partial charge is 0.131 e. The average molecular weight is 450 g/mol. The van der Waals surface area contributed by atoms with Crippen LogP contribution in [0.5, 0.6) is 17.2 Å². The molecular weight excluding hydrogens is 425 g/mol. The maximum atomic E-state index is 14.0. The van der Waals surface area contributed by atoms with E-state index in [4.69, 9.17) is 25.8 Å². The predicted molar refractivity (Wildman–Crippen MR) is 120 cm³/mol. The highest BCUT2D eigenvalue weighted by molar-refractivity contribution is 7.10. The summed E-state index contributed by atoms with van der Waals surface area (Å²) in [5, 5.41) is 5.90. The van der Waals surface area contributed by atoms with Gasteiger partial charge in [-0.05, 0) is 49.0 Å². The standard InChI is InChI=1S/C23H25ClFNO3S/c1-15-8-10-30-23(15)13-26-9-7-17-21(27-2)11-16(12-22(17)28-3)29-14-18-19(24)5-4-6-20(18)25/h4-6,8,10-12,26H,7,9,13-14H2,1-3H3. The van der Waals surface area contributed by atoms with E-state index in [-0.39, 0.29) is 6.61 Å². The molecule has 0 spiro atoms. The van der Waals surface area contributed by atoms with Crippen LogP contribution in [0.15, 0.2) is 41.8 Å². The Labute approximate surface area is 185 Å². The van der Waals surface area contributed by atoms with Gasteiger partial charge in [0.15, 0.2) is 0 Å². The van der Waals surface area contributed by atoms with Crippen molar-refractivity contribution in [2.24, 2.45) is 0 Å². The monoisotopic (exact) mass is 449 g/mol. The van der Waals surface area contributed by atoms with E-state index in [9.17, 15) is 4.39 Å². The van der Waals surface area contributed by atoms with E-state index in [1.807, 2.05) is 0 Å². The first-order valence-electron chi connectivity index (χ1n) is 9.57. The molecule has 30 heavy (non-hydrogen) atoms. The van der Waals surface area contributed by atoms with Crippen LogP contribution in [0.4, 0.5) is 4.39 Å². The Bertz CT molecular complexity index is 947. The molecule has 0 amide bonds. The molecule has 0 radical (unpaired) electrons. The molecule has 0 saturated heterocycles. The van der Waals surface area contributed by atoms with Crippen molar-refractivity contribution in [2.75, 3.05) is 20.8 Å². The van der Waals surface area contributed by atoms with E-state index in [0.717, 1.165) is 25.1 Å². The molecule has 1 heterocycles. The first-order valence-corrected chi connectivity index (χ1v) is 10.8. The lowest BCUT2D eigenvalue weighted by molar-refractivity contribution is 0.294. The first-order chi connectivity index (χ1) is 14.5. The van der Waals surface area contributed by atoms with E-state index < -0.39 is 5.82 Å². The Hall–Kier alpha value is -2.28. The van der Waals surface area contributed by atoms with Crippen molar-refractivity contribution in [2.45, 2.75) is 26.5 Å². The molecule has 0 unspecified atom stereocenters. The Balaban J connectivity index is 1.68. The van der Waals surface area contributed by atoms with Gasteiger partial charge in [0.1, 0.15) is 29.7 Å². The largest absolute Gasteiger partial charge is 0.496 e. The minimum Gasteiger partial charge on any atom is -0.496 e. The Kier molecular flexibility index (Phi) is 7.96. The molecule has 2 aromatic carbocycles. The van der Waals surface area contributed by atoms with Crippen LogP contribution in [-0.2, 0) is 19.6 Å². The topological polar surface area (TPSA) is 39.7 Å². The number of rotatable bonds is 10. The number of methoxy groups -OCH3 is 2. The van der Waals surface area contributed by atoms with Gasteiger partial charge in [-0.3, -0.25) is 0 Å². The number of hydrogen-bond donors (Lipinski definition) is 1. The summed E-state index contributed by atoms with van der Waals surface area (Å²) in [6.07, 6.45) is 0.732.